The zero-order chi connectivity index (χ0) is 22.2. The Morgan fingerprint density at radius 3 is 2.42 bits per heavy atom. The number of sulfonamides is 1. The van der Waals surface area contributed by atoms with E-state index in [2.05, 4.69) is 37.0 Å². The maximum Gasteiger partial charge on any atom is 0.255 e. The first kappa shape index (κ1) is 22.0. The molecule has 6 nitrogen and oxygen atoms in total. The molecule has 0 saturated carbocycles. The zero-order valence-corrected chi connectivity index (χ0v) is 19.4. The fourth-order valence-corrected chi connectivity index (χ4v) is 5.75. The van der Waals surface area contributed by atoms with Crippen molar-refractivity contribution in [2.45, 2.75) is 51.5 Å². The van der Waals surface area contributed by atoms with Crippen LogP contribution in [-0.2, 0) is 10.0 Å². The third-order valence-electron chi connectivity index (χ3n) is 6.68. The first-order valence-corrected chi connectivity index (χ1v) is 12.9. The normalized spacial score (nSPS) is 20.9. The number of carbonyl (C=O) groups is 1. The maximum atomic E-state index is 13.3. The highest BCUT2D eigenvalue weighted by Gasteiger charge is 2.32. The SMILES string of the molecule is Cc1ccc(C)c([C@H]2CCCN2C(=O)c2ccc(C3CCN(S(C)(=O)=O)CC3)nc2)c1. The number of likely N-dealkylation sites (tertiary alicyclic amines) is 1. The third-order valence-corrected chi connectivity index (χ3v) is 7.99. The number of hydrogen-bond donors (Lipinski definition) is 0. The molecule has 31 heavy (non-hydrogen) atoms. The van der Waals surface area contributed by atoms with E-state index in [0.717, 1.165) is 37.9 Å². The zero-order valence-electron chi connectivity index (χ0n) is 18.5. The van der Waals surface area contributed by atoms with Crippen LogP contribution in [0.15, 0.2) is 36.5 Å². The number of piperidine rings is 1. The Kier molecular flexibility index (Phi) is 6.17. The molecule has 2 fully saturated rings. The number of pyridine rings is 1. The Labute approximate surface area is 185 Å². The lowest BCUT2D eigenvalue weighted by Crippen LogP contribution is -2.37. The van der Waals surface area contributed by atoms with Gasteiger partial charge >= 0.3 is 0 Å². The Bertz CT molecular complexity index is 1060. The van der Waals surface area contributed by atoms with Crippen LogP contribution < -0.4 is 0 Å². The number of aromatic nitrogens is 1. The van der Waals surface area contributed by atoms with Crippen LogP contribution in [0.2, 0.25) is 0 Å². The lowest BCUT2D eigenvalue weighted by atomic mass is 9.94. The van der Waals surface area contributed by atoms with Crippen molar-refractivity contribution in [1.29, 1.82) is 0 Å². The minimum absolute atomic E-state index is 0.0364. The van der Waals surface area contributed by atoms with E-state index >= 15 is 0 Å². The van der Waals surface area contributed by atoms with Gasteiger partial charge in [0.25, 0.3) is 5.91 Å². The van der Waals surface area contributed by atoms with E-state index in [1.165, 1.54) is 27.3 Å². The summed E-state index contributed by atoms with van der Waals surface area (Å²) in [5.41, 5.74) is 5.25. The van der Waals surface area contributed by atoms with Gasteiger partial charge in [0, 0.05) is 37.4 Å². The summed E-state index contributed by atoms with van der Waals surface area (Å²) >= 11 is 0. The molecule has 0 N–H and O–H groups in total. The molecule has 4 rings (SSSR count). The summed E-state index contributed by atoms with van der Waals surface area (Å²) in [6, 6.07) is 10.4. The van der Waals surface area contributed by atoms with Gasteiger partial charge in [-0.3, -0.25) is 9.78 Å². The molecule has 2 aliphatic heterocycles. The quantitative estimate of drug-likeness (QED) is 0.723. The van der Waals surface area contributed by atoms with Crippen LogP contribution in [0.4, 0.5) is 0 Å². The molecule has 0 aliphatic carbocycles. The van der Waals surface area contributed by atoms with Gasteiger partial charge in [0.05, 0.1) is 17.9 Å². The number of carbonyl (C=O) groups excluding carboxylic acids is 1. The first-order valence-electron chi connectivity index (χ1n) is 11.0. The second kappa shape index (κ2) is 8.71. The molecule has 1 amide bonds. The van der Waals surface area contributed by atoms with Crippen molar-refractivity contribution in [2.24, 2.45) is 0 Å². The molecule has 1 aromatic carbocycles. The minimum atomic E-state index is -3.13. The van der Waals surface area contributed by atoms with Crippen molar-refractivity contribution in [2.75, 3.05) is 25.9 Å². The number of amides is 1. The largest absolute Gasteiger partial charge is 0.332 e. The summed E-state index contributed by atoms with van der Waals surface area (Å²) in [5.74, 6) is 0.269. The Morgan fingerprint density at radius 1 is 1.03 bits per heavy atom. The maximum absolute atomic E-state index is 13.3. The molecule has 0 bridgehead atoms. The van der Waals surface area contributed by atoms with Gasteiger partial charge in [0.2, 0.25) is 10.0 Å². The highest BCUT2D eigenvalue weighted by atomic mass is 32.2. The standard InChI is InChI=1S/C24H31N3O3S/c1-17-6-7-18(2)21(15-17)23-5-4-12-27(23)24(28)20-8-9-22(25-16-20)19-10-13-26(14-11-19)31(3,29)30/h6-9,15-16,19,23H,4-5,10-14H2,1-3H3/t23-/m1/s1. The van der Waals surface area contributed by atoms with E-state index in [1.807, 2.05) is 17.0 Å². The second-order valence-corrected chi connectivity index (χ2v) is 10.9. The van der Waals surface area contributed by atoms with Crippen molar-refractivity contribution in [3.8, 4) is 0 Å². The predicted molar refractivity (Wildman–Crippen MR) is 122 cm³/mol. The Morgan fingerprint density at radius 2 is 1.77 bits per heavy atom. The minimum Gasteiger partial charge on any atom is -0.332 e. The number of aryl methyl sites for hydroxylation is 2. The fourth-order valence-electron chi connectivity index (χ4n) is 4.87. The van der Waals surface area contributed by atoms with Crippen molar-refractivity contribution in [1.82, 2.24) is 14.2 Å². The van der Waals surface area contributed by atoms with Crippen molar-refractivity contribution in [3.63, 3.8) is 0 Å². The summed E-state index contributed by atoms with van der Waals surface area (Å²) in [4.78, 5) is 19.9. The summed E-state index contributed by atoms with van der Waals surface area (Å²) < 4.78 is 25.0. The molecule has 0 radical (unpaired) electrons. The smallest absolute Gasteiger partial charge is 0.255 e. The van der Waals surface area contributed by atoms with Crippen molar-refractivity contribution >= 4 is 15.9 Å². The molecule has 3 heterocycles. The molecule has 2 aromatic rings. The van der Waals surface area contributed by atoms with Gasteiger partial charge in [0.15, 0.2) is 0 Å². The van der Waals surface area contributed by atoms with Gasteiger partial charge < -0.3 is 4.90 Å². The van der Waals surface area contributed by atoms with Crippen LogP contribution in [0.25, 0.3) is 0 Å². The molecule has 7 heteroatoms. The highest BCUT2D eigenvalue weighted by Crippen LogP contribution is 2.35. The number of hydrogen-bond acceptors (Lipinski definition) is 4. The summed E-state index contributed by atoms with van der Waals surface area (Å²) in [6.07, 6.45) is 6.46. The Balaban J connectivity index is 1.46. The molecule has 1 atom stereocenters. The lowest BCUT2D eigenvalue weighted by Gasteiger charge is -2.30. The molecule has 2 saturated heterocycles. The summed E-state index contributed by atoms with van der Waals surface area (Å²) in [6.45, 7) is 6.02. The first-order chi connectivity index (χ1) is 14.7. The molecule has 1 aromatic heterocycles. The molecule has 0 spiro atoms. The Hall–Kier alpha value is -2.25. The van der Waals surface area contributed by atoms with Gasteiger partial charge in [-0.05, 0) is 62.8 Å². The molecular formula is C24H31N3O3S. The van der Waals surface area contributed by atoms with Crippen LogP contribution in [0.3, 0.4) is 0 Å². The van der Waals surface area contributed by atoms with Crippen molar-refractivity contribution in [3.05, 3.63) is 64.5 Å². The second-order valence-electron chi connectivity index (χ2n) is 8.92. The van der Waals surface area contributed by atoms with Crippen LogP contribution in [0, 0.1) is 13.8 Å². The molecule has 166 valence electrons. The fraction of sp³-hybridized carbons (Fsp3) is 0.500. The van der Waals surface area contributed by atoms with Crippen LogP contribution in [-0.4, -0.2) is 54.4 Å². The van der Waals surface area contributed by atoms with E-state index in [-0.39, 0.29) is 17.9 Å². The van der Waals surface area contributed by atoms with Gasteiger partial charge in [-0.2, -0.15) is 0 Å². The topological polar surface area (TPSA) is 70.6 Å². The van der Waals surface area contributed by atoms with Crippen LogP contribution >= 0.6 is 0 Å². The molecule has 0 unspecified atom stereocenters. The number of nitrogens with zero attached hydrogens (tertiary/aromatic N) is 3. The lowest BCUT2D eigenvalue weighted by molar-refractivity contribution is 0.0734. The molecular weight excluding hydrogens is 410 g/mol. The van der Waals surface area contributed by atoms with Crippen LogP contribution in [0.5, 0.6) is 0 Å². The monoisotopic (exact) mass is 441 g/mol. The summed E-state index contributed by atoms with van der Waals surface area (Å²) in [7, 11) is -3.13. The van der Waals surface area contributed by atoms with Gasteiger partial charge in [-0.25, -0.2) is 12.7 Å². The van der Waals surface area contributed by atoms with Gasteiger partial charge in [0.1, 0.15) is 0 Å². The van der Waals surface area contributed by atoms with E-state index in [9.17, 15) is 13.2 Å². The van der Waals surface area contributed by atoms with Crippen molar-refractivity contribution < 1.29 is 13.2 Å². The van der Waals surface area contributed by atoms with E-state index < -0.39 is 10.0 Å². The van der Waals surface area contributed by atoms with Gasteiger partial charge in [-0.15, -0.1) is 0 Å². The molecule has 2 aliphatic rings. The van der Waals surface area contributed by atoms with Crippen LogP contribution in [0.1, 0.15) is 70.4 Å². The van der Waals surface area contributed by atoms with E-state index in [0.29, 0.717) is 18.7 Å². The van der Waals surface area contributed by atoms with E-state index in [1.54, 1.807) is 6.20 Å². The number of benzene rings is 1. The number of rotatable bonds is 4. The van der Waals surface area contributed by atoms with E-state index in [4.69, 9.17) is 0 Å². The average Bonchev–Trinajstić information content (AvgIpc) is 3.24. The third kappa shape index (κ3) is 4.67. The predicted octanol–water partition coefficient (Wildman–Crippen LogP) is 3.81. The summed E-state index contributed by atoms with van der Waals surface area (Å²) in [5, 5.41) is 0. The average molecular weight is 442 g/mol. The highest BCUT2D eigenvalue weighted by molar-refractivity contribution is 7.88. The van der Waals surface area contributed by atoms with Gasteiger partial charge in [-0.1, -0.05) is 23.8 Å².